The van der Waals surface area contributed by atoms with Gasteiger partial charge in [0.05, 0.1) is 16.5 Å². The lowest BCUT2D eigenvalue weighted by Gasteiger charge is -2.55. The van der Waals surface area contributed by atoms with Crippen LogP contribution in [0, 0.1) is 0 Å². The van der Waals surface area contributed by atoms with Gasteiger partial charge >= 0.3 is 0 Å². The summed E-state index contributed by atoms with van der Waals surface area (Å²) in [7, 11) is 0. The van der Waals surface area contributed by atoms with Crippen molar-refractivity contribution in [1.82, 2.24) is 0 Å². The van der Waals surface area contributed by atoms with E-state index in [0.717, 1.165) is 33.3 Å². The molecule has 298 valence electrons. The van der Waals surface area contributed by atoms with Crippen LogP contribution in [0.25, 0.3) is 21.9 Å². The zero-order chi connectivity index (χ0) is 41.6. The molecule has 0 aliphatic heterocycles. The van der Waals surface area contributed by atoms with Crippen LogP contribution in [0.3, 0.4) is 0 Å². The van der Waals surface area contributed by atoms with Gasteiger partial charge in [-0.15, -0.1) is 22.7 Å². The average molecular weight is 834 g/mol. The van der Waals surface area contributed by atoms with Crippen molar-refractivity contribution < 1.29 is 4.42 Å². The fraction of sp³-hybridized carbons (Fsp3) is 0.138. The van der Waals surface area contributed by atoms with Crippen LogP contribution in [0.15, 0.2) is 192 Å². The summed E-state index contributed by atoms with van der Waals surface area (Å²) in [5, 5.41) is 5.81. The molecular formula is C58H43NOS2. The lowest BCUT2D eigenvalue weighted by molar-refractivity contribution is 0.522. The summed E-state index contributed by atoms with van der Waals surface area (Å²) in [4.78, 5) is 5.26. The Kier molecular flexibility index (Phi) is 7.34. The molecular weight excluding hydrogens is 791 g/mol. The molecule has 3 heterocycles. The van der Waals surface area contributed by atoms with E-state index in [9.17, 15) is 0 Å². The minimum absolute atomic E-state index is 0.198. The second-order valence-electron chi connectivity index (χ2n) is 18.4. The molecule has 3 aliphatic rings. The highest BCUT2D eigenvalue weighted by atomic mass is 32.1. The minimum Gasteiger partial charge on any atom is -0.456 e. The van der Waals surface area contributed by atoms with Gasteiger partial charge in [-0.25, -0.2) is 0 Å². The van der Waals surface area contributed by atoms with Crippen molar-refractivity contribution >= 4 is 61.0 Å². The highest BCUT2D eigenvalue weighted by Crippen LogP contribution is 2.69. The van der Waals surface area contributed by atoms with Gasteiger partial charge in [0.1, 0.15) is 16.2 Å². The molecule has 4 heteroatoms. The van der Waals surface area contributed by atoms with Crippen molar-refractivity contribution in [3.8, 4) is 0 Å². The number of nitrogens with zero attached hydrogens (tertiary/aromatic N) is 1. The first-order valence-electron chi connectivity index (χ1n) is 21.7. The Morgan fingerprint density at radius 2 is 0.871 bits per heavy atom. The molecule has 2 nitrogen and oxygen atoms in total. The third kappa shape index (κ3) is 4.39. The van der Waals surface area contributed by atoms with E-state index >= 15 is 0 Å². The molecule has 3 aromatic heterocycles. The molecule has 62 heavy (non-hydrogen) atoms. The number of thiophene rings is 2. The van der Waals surface area contributed by atoms with Gasteiger partial charge in [0.25, 0.3) is 0 Å². The van der Waals surface area contributed by atoms with Gasteiger partial charge in [-0.2, -0.15) is 0 Å². The molecule has 0 radical (unpaired) electrons. The number of hydrogen-bond acceptors (Lipinski definition) is 4. The number of para-hydroxylation sites is 2. The average Bonchev–Trinajstić information content (AvgIpc) is 4.07. The van der Waals surface area contributed by atoms with Crippen LogP contribution in [0.5, 0.6) is 0 Å². The lowest BCUT2D eigenvalue weighted by atomic mass is 9.48. The van der Waals surface area contributed by atoms with Gasteiger partial charge in [0.15, 0.2) is 0 Å². The SMILES string of the molecule is CC1(C)c2ccccc2C2(c3ccccc31)c1cc(N(c3ccccc3)c3ccc4c(c3)oc3ccccc34)sc1C1(c3ccccc3C(C)(C)c3ccccc31)c1ccsc12. The number of furan rings is 1. The Morgan fingerprint density at radius 3 is 1.45 bits per heavy atom. The van der Waals surface area contributed by atoms with Gasteiger partial charge in [0, 0.05) is 43.1 Å². The van der Waals surface area contributed by atoms with Crippen molar-refractivity contribution in [3.63, 3.8) is 0 Å². The number of benzene rings is 7. The van der Waals surface area contributed by atoms with Crippen molar-refractivity contribution in [2.24, 2.45) is 0 Å². The highest BCUT2D eigenvalue weighted by molar-refractivity contribution is 7.17. The van der Waals surface area contributed by atoms with Crippen LogP contribution in [0.1, 0.15) is 93.1 Å². The molecule has 0 saturated carbocycles. The molecule has 0 bridgehead atoms. The number of hydrogen-bond donors (Lipinski definition) is 0. The summed E-state index contributed by atoms with van der Waals surface area (Å²) in [6.07, 6.45) is 0. The fourth-order valence-corrected chi connectivity index (χ4v) is 14.8. The lowest BCUT2D eigenvalue weighted by Crippen LogP contribution is -2.50. The summed E-state index contributed by atoms with van der Waals surface area (Å²) >= 11 is 3.89. The molecule has 10 aromatic rings. The summed E-state index contributed by atoms with van der Waals surface area (Å²) in [5.41, 5.74) is 16.2. The Morgan fingerprint density at radius 1 is 0.387 bits per heavy atom. The third-order valence-electron chi connectivity index (χ3n) is 14.7. The van der Waals surface area contributed by atoms with Gasteiger partial charge in [-0.3, -0.25) is 0 Å². The Labute approximate surface area is 370 Å². The third-order valence-corrected chi connectivity index (χ3v) is 17.0. The van der Waals surface area contributed by atoms with E-state index in [0.29, 0.717) is 0 Å². The van der Waals surface area contributed by atoms with E-state index in [1.807, 2.05) is 28.7 Å². The van der Waals surface area contributed by atoms with Crippen molar-refractivity contribution in [3.05, 3.63) is 253 Å². The molecule has 0 atom stereocenters. The zero-order valence-electron chi connectivity index (χ0n) is 35.1. The van der Waals surface area contributed by atoms with Gasteiger partial charge in [0.2, 0.25) is 0 Å². The Bertz CT molecular complexity index is 3200. The van der Waals surface area contributed by atoms with Crippen LogP contribution >= 0.6 is 22.7 Å². The van der Waals surface area contributed by atoms with Crippen LogP contribution in [-0.2, 0) is 21.7 Å². The molecule has 0 N–H and O–H groups in total. The standard InChI is InChI=1S/C58H43NOS2/c1-55(2)40-21-9-13-25-44(40)57(45-26-14-10-22-41(45)55)48-32-33-61-53(48)58(46-27-15-11-23-42(46)56(3,4)43-24-12-16-28-47(43)58)49-35-52(62-54(49)57)59(36-18-6-5-7-19-36)37-30-31-39-38-20-8-17-29-50(38)60-51(39)34-37/h5-35H,1-4H3. The van der Waals surface area contributed by atoms with Crippen molar-refractivity contribution in [2.75, 3.05) is 4.90 Å². The number of anilines is 3. The summed E-state index contributed by atoms with van der Waals surface area (Å²) < 4.78 is 6.58. The van der Waals surface area contributed by atoms with Crippen LogP contribution < -0.4 is 4.90 Å². The van der Waals surface area contributed by atoms with Gasteiger partial charge in [-0.1, -0.05) is 161 Å². The van der Waals surface area contributed by atoms with E-state index in [-0.39, 0.29) is 10.8 Å². The van der Waals surface area contributed by atoms with Crippen LogP contribution in [-0.4, -0.2) is 0 Å². The zero-order valence-corrected chi connectivity index (χ0v) is 36.7. The molecule has 2 spiro atoms. The first-order valence-corrected chi connectivity index (χ1v) is 23.4. The highest BCUT2D eigenvalue weighted by Gasteiger charge is 2.62. The maximum atomic E-state index is 6.58. The van der Waals surface area contributed by atoms with E-state index in [4.69, 9.17) is 4.42 Å². The second-order valence-corrected chi connectivity index (χ2v) is 20.3. The molecule has 13 rings (SSSR count). The molecule has 0 saturated heterocycles. The minimum atomic E-state index is -0.566. The normalized spacial score (nSPS) is 16.6. The van der Waals surface area contributed by atoms with E-state index in [1.165, 1.54) is 70.4 Å². The smallest absolute Gasteiger partial charge is 0.137 e. The second kappa shape index (κ2) is 12.6. The monoisotopic (exact) mass is 833 g/mol. The van der Waals surface area contributed by atoms with E-state index < -0.39 is 10.8 Å². The van der Waals surface area contributed by atoms with Crippen molar-refractivity contribution in [2.45, 2.75) is 49.4 Å². The van der Waals surface area contributed by atoms with E-state index in [2.05, 4.69) is 214 Å². The Balaban J connectivity index is 1.20. The predicted molar refractivity (Wildman–Crippen MR) is 259 cm³/mol. The molecule has 0 fully saturated rings. The largest absolute Gasteiger partial charge is 0.456 e. The predicted octanol–water partition coefficient (Wildman–Crippen LogP) is 15.5. The maximum absolute atomic E-state index is 6.58. The van der Waals surface area contributed by atoms with Crippen molar-refractivity contribution in [1.29, 1.82) is 0 Å². The van der Waals surface area contributed by atoms with Crippen LogP contribution in [0.2, 0.25) is 0 Å². The van der Waals surface area contributed by atoms with Gasteiger partial charge < -0.3 is 9.32 Å². The molecule has 7 aromatic carbocycles. The first-order chi connectivity index (χ1) is 30.3. The van der Waals surface area contributed by atoms with Gasteiger partial charge in [-0.05, 0) is 103 Å². The van der Waals surface area contributed by atoms with Crippen LogP contribution in [0.4, 0.5) is 16.4 Å². The molecule has 3 aliphatic carbocycles. The van der Waals surface area contributed by atoms with E-state index in [1.54, 1.807) is 0 Å². The quantitative estimate of drug-likeness (QED) is 0.176. The fourth-order valence-electron chi connectivity index (χ4n) is 12.1. The number of rotatable bonds is 3. The first kappa shape index (κ1) is 36.2. The topological polar surface area (TPSA) is 16.4 Å². The summed E-state index contributed by atoms with van der Waals surface area (Å²) in [6, 6.07) is 68.4. The Hall–Kier alpha value is -6.46. The molecule has 0 unspecified atom stereocenters. The molecule has 0 amide bonds. The summed E-state index contributed by atoms with van der Waals surface area (Å²) in [5.74, 6) is 0. The maximum Gasteiger partial charge on any atom is 0.137 e. The summed E-state index contributed by atoms with van der Waals surface area (Å²) in [6.45, 7) is 9.66. The number of fused-ring (bicyclic) bond motifs is 17.